The van der Waals surface area contributed by atoms with Crippen molar-refractivity contribution in [3.8, 4) is 0 Å². The molecule has 4 aromatic rings. The summed E-state index contributed by atoms with van der Waals surface area (Å²) in [5, 5.41) is 0.643. The molecular formula is C29H23BrClNO2. The molecule has 2 atom stereocenters. The number of fused-ring (bicyclic) bond motifs is 1. The van der Waals surface area contributed by atoms with Gasteiger partial charge >= 0.3 is 5.97 Å². The van der Waals surface area contributed by atoms with E-state index in [0.29, 0.717) is 17.1 Å². The molecule has 0 bridgehead atoms. The lowest BCUT2D eigenvalue weighted by atomic mass is 9.76. The zero-order valence-corrected chi connectivity index (χ0v) is 21.0. The number of benzene rings is 4. The highest BCUT2D eigenvalue weighted by Gasteiger charge is 2.47. The number of halogens is 2. The Labute approximate surface area is 213 Å². The summed E-state index contributed by atoms with van der Waals surface area (Å²) < 4.78 is 7.22. The third kappa shape index (κ3) is 4.24. The summed E-state index contributed by atoms with van der Waals surface area (Å²) in [7, 11) is 0. The van der Waals surface area contributed by atoms with Crippen molar-refractivity contribution in [2.75, 3.05) is 11.4 Å². The van der Waals surface area contributed by atoms with E-state index in [1.807, 2.05) is 66.7 Å². The van der Waals surface area contributed by atoms with E-state index in [1.54, 1.807) is 12.1 Å². The highest BCUT2D eigenvalue weighted by molar-refractivity contribution is 9.10. The van der Waals surface area contributed by atoms with E-state index in [0.717, 1.165) is 27.0 Å². The monoisotopic (exact) mass is 531 g/mol. The SMILES string of the molecule is C[C@@]1([C@@H](OC(=O)c2ccc(Br)cc2)c2ccc(Cl)cc2)CN(c2ccccc2)c2ccccc21. The van der Waals surface area contributed by atoms with Crippen LogP contribution < -0.4 is 4.90 Å². The number of rotatable bonds is 5. The fourth-order valence-electron chi connectivity index (χ4n) is 4.72. The van der Waals surface area contributed by atoms with Crippen LogP contribution in [0.5, 0.6) is 0 Å². The van der Waals surface area contributed by atoms with Crippen molar-refractivity contribution < 1.29 is 9.53 Å². The Balaban J connectivity index is 1.59. The van der Waals surface area contributed by atoms with Gasteiger partial charge in [0.15, 0.2) is 0 Å². The quantitative estimate of drug-likeness (QED) is 0.243. The van der Waals surface area contributed by atoms with Crippen LogP contribution in [-0.2, 0) is 10.2 Å². The van der Waals surface area contributed by atoms with Gasteiger partial charge in [-0.1, -0.05) is 76.1 Å². The molecule has 0 aromatic heterocycles. The van der Waals surface area contributed by atoms with Crippen LogP contribution in [0.3, 0.4) is 0 Å². The molecule has 0 N–H and O–H groups in total. The van der Waals surface area contributed by atoms with Crippen molar-refractivity contribution in [3.63, 3.8) is 0 Å². The Hall–Kier alpha value is -3.08. The first kappa shape index (κ1) is 22.7. The first-order valence-corrected chi connectivity index (χ1v) is 12.3. The lowest BCUT2D eigenvalue weighted by molar-refractivity contribution is 0.00980. The molecule has 0 amide bonds. The van der Waals surface area contributed by atoms with Crippen LogP contribution >= 0.6 is 27.5 Å². The highest BCUT2D eigenvalue weighted by atomic mass is 79.9. The van der Waals surface area contributed by atoms with Crippen molar-refractivity contribution in [1.82, 2.24) is 0 Å². The molecule has 1 aliphatic rings. The van der Waals surface area contributed by atoms with Gasteiger partial charge < -0.3 is 9.64 Å². The second kappa shape index (κ2) is 9.28. The number of para-hydroxylation sites is 2. The molecule has 0 radical (unpaired) electrons. The maximum Gasteiger partial charge on any atom is 0.338 e. The second-order valence-electron chi connectivity index (χ2n) is 8.70. The third-order valence-corrected chi connectivity index (χ3v) is 7.20. The van der Waals surface area contributed by atoms with Crippen LogP contribution in [0.15, 0.2) is 108 Å². The number of carbonyl (C=O) groups excluding carboxylic acids is 1. The van der Waals surface area contributed by atoms with E-state index >= 15 is 0 Å². The lowest BCUT2D eigenvalue weighted by Gasteiger charge is -2.35. The molecule has 1 aliphatic heterocycles. The Morgan fingerprint density at radius 1 is 0.912 bits per heavy atom. The van der Waals surface area contributed by atoms with Crippen LogP contribution in [0.2, 0.25) is 5.02 Å². The topological polar surface area (TPSA) is 29.5 Å². The minimum Gasteiger partial charge on any atom is -0.453 e. The first-order chi connectivity index (χ1) is 16.5. The van der Waals surface area contributed by atoms with Gasteiger partial charge in [-0.25, -0.2) is 4.79 Å². The van der Waals surface area contributed by atoms with E-state index in [9.17, 15) is 4.79 Å². The lowest BCUT2D eigenvalue weighted by Crippen LogP contribution is -2.37. The van der Waals surface area contributed by atoms with E-state index in [2.05, 4.69) is 52.0 Å². The van der Waals surface area contributed by atoms with E-state index in [1.165, 1.54) is 0 Å². The molecule has 4 aromatic carbocycles. The van der Waals surface area contributed by atoms with Crippen LogP contribution in [0.25, 0.3) is 0 Å². The summed E-state index contributed by atoms with van der Waals surface area (Å²) in [6.45, 7) is 2.83. The van der Waals surface area contributed by atoms with Crippen molar-refractivity contribution in [1.29, 1.82) is 0 Å². The average molecular weight is 533 g/mol. The van der Waals surface area contributed by atoms with Gasteiger partial charge in [0, 0.05) is 27.4 Å². The minimum atomic E-state index is -0.518. The smallest absolute Gasteiger partial charge is 0.338 e. The highest BCUT2D eigenvalue weighted by Crippen LogP contribution is 2.51. The predicted octanol–water partition coefficient (Wildman–Crippen LogP) is 8.11. The molecule has 5 heteroatoms. The summed E-state index contributed by atoms with van der Waals surface area (Å²) in [6.07, 6.45) is -0.518. The van der Waals surface area contributed by atoms with Crippen LogP contribution in [-0.4, -0.2) is 12.5 Å². The molecule has 0 spiro atoms. The van der Waals surface area contributed by atoms with Gasteiger partial charge in [0.1, 0.15) is 6.10 Å². The zero-order chi connectivity index (χ0) is 23.7. The van der Waals surface area contributed by atoms with E-state index in [4.69, 9.17) is 16.3 Å². The minimum absolute atomic E-state index is 0.357. The maximum absolute atomic E-state index is 13.3. The number of hydrogen-bond donors (Lipinski definition) is 0. The average Bonchev–Trinajstić information content (AvgIpc) is 3.18. The Kier molecular flexibility index (Phi) is 6.20. The number of ether oxygens (including phenoxy) is 1. The van der Waals surface area contributed by atoms with E-state index in [-0.39, 0.29) is 5.97 Å². The first-order valence-electron chi connectivity index (χ1n) is 11.1. The molecule has 0 unspecified atom stereocenters. The fraction of sp³-hybridized carbons (Fsp3) is 0.138. The van der Waals surface area contributed by atoms with Gasteiger partial charge in [-0.3, -0.25) is 0 Å². The largest absolute Gasteiger partial charge is 0.453 e. The number of hydrogen-bond acceptors (Lipinski definition) is 3. The van der Waals surface area contributed by atoms with Gasteiger partial charge in [-0.15, -0.1) is 0 Å². The molecule has 5 rings (SSSR count). The maximum atomic E-state index is 13.3. The number of nitrogens with zero attached hydrogens (tertiary/aromatic N) is 1. The number of anilines is 2. The van der Waals surface area contributed by atoms with Gasteiger partial charge in [-0.2, -0.15) is 0 Å². The fourth-order valence-corrected chi connectivity index (χ4v) is 5.11. The standard InChI is InChI=1S/C29H23BrClNO2/c1-29(19-32(24-7-3-2-4-8-24)26-10-6-5-9-25(26)29)27(20-13-17-23(31)18-14-20)34-28(33)21-11-15-22(30)16-12-21/h2-18,27H,19H2,1H3/t27-,29+/m0/s1. The molecular weight excluding hydrogens is 510 g/mol. The predicted molar refractivity (Wildman–Crippen MR) is 141 cm³/mol. The molecule has 1 heterocycles. The van der Waals surface area contributed by atoms with Crippen LogP contribution in [0.4, 0.5) is 11.4 Å². The molecule has 0 fully saturated rings. The van der Waals surface area contributed by atoms with Crippen LogP contribution in [0.1, 0.15) is 34.5 Å². The molecule has 0 aliphatic carbocycles. The van der Waals surface area contributed by atoms with Gasteiger partial charge in [-0.05, 0) is 72.6 Å². The molecule has 0 saturated carbocycles. The molecule has 0 saturated heterocycles. The normalized spacial score (nSPS) is 17.8. The van der Waals surface area contributed by atoms with Crippen molar-refractivity contribution in [2.24, 2.45) is 0 Å². The molecule has 34 heavy (non-hydrogen) atoms. The summed E-state index contributed by atoms with van der Waals surface area (Å²) in [5.74, 6) is -0.357. The van der Waals surface area contributed by atoms with Crippen molar-refractivity contribution >= 4 is 44.9 Å². The Morgan fingerprint density at radius 3 is 2.26 bits per heavy atom. The Bertz CT molecular complexity index is 1310. The Morgan fingerprint density at radius 2 is 1.56 bits per heavy atom. The summed E-state index contributed by atoms with van der Waals surface area (Å²) in [4.78, 5) is 15.6. The van der Waals surface area contributed by atoms with Gasteiger partial charge in [0.25, 0.3) is 0 Å². The van der Waals surface area contributed by atoms with Crippen molar-refractivity contribution in [3.05, 3.63) is 129 Å². The zero-order valence-electron chi connectivity index (χ0n) is 18.6. The molecule has 3 nitrogen and oxygen atoms in total. The summed E-state index contributed by atoms with van der Waals surface area (Å²) >= 11 is 9.62. The number of carbonyl (C=O) groups is 1. The third-order valence-electron chi connectivity index (χ3n) is 6.42. The van der Waals surface area contributed by atoms with Crippen molar-refractivity contribution in [2.45, 2.75) is 18.4 Å². The van der Waals surface area contributed by atoms with Crippen LogP contribution in [0, 0.1) is 0 Å². The number of esters is 1. The summed E-state index contributed by atoms with van der Waals surface area (Å²) in [6, 6.07) is 33.5. The van der Waals surface area contributed by atoms with Gasteiger partial charge in [0.05, 0.1) is 11.0 Å². The van der Waals surface area contributed by atoms with E-state index < -0.39 is 11.5 Å². The summed E-state index contributed by atoms with van der Waals surface area (Å²) in [5.41, 5.74) is 4.29. The molecule has 170 valence electrons. The van der Waals surface area contributed by atoms with Gasteiger partial charge in [0.2, 0.25) is 0 Å². The second-order valence-corrected chi connectivity index (χ2v) is 10.1.